The Morgan fingerprint density at radius 1 is 1.25 bits per heavy atom. The molecule has 3 nitrogen and oxygen atoms in total. The molecule has 3 aromatic rings. The van der Waals surface area contributed by atoms with Gasteiger partial charge in [-0.05, 0) is 12.1 Å². The topological polar surface area (TPSA) is 29.3 Å². The third-order valence-corrected chi connectivity index (χ3v) is 3.33. The fourth-order valence-corrected chi connectivity index (χ4v) is 2.37. The smallest absolute Gasteiger partial charge is 0.194 e. The Kier molecular flexibility index (Phi) is 2.15. The lowest BCUT2D eigenvalue weighted by molar-refractivity contribution is 1.23. The fraction of sp³-hybridized carbons (Fsp3) is 0.0833. The summed E-state index contributed by atoms with van der Waals surface area (Å²) in [5.41, 5.74) is 3.29. The molecule has 4 heteroatoms. The standard InChI is InChI=1S/C12H11N3S/c1-13-10-4-2-9(3-5-10)11-8-15-6-7-16-12(15)14-11/h2-8,13H,1H3. The number of thiazole rings is 1. The van der Waals surface area contributed by atoms with Gasteiger partial charge in [-0.1, -0.05) is 12.1 Å². The van der Waals surface area contributed by atoms with Crippen LogP contribution in [0.25, 0.3) is 16.2 Å². The Bertz CT molecular complexity index is 578. The molecule has 2 heterocycles. The number of rotatable bonds is 2. The predicted octanol–water partition coefficient (Wildman–Crippen LogP) is 3.10. The molecular formula is C12H11N3S. The van der Waals surface area contributed by atoms with Gasteiger partial charge in [0.2, 0.25) is 0 Å². The molecule has 0 saturated heterocycles. The van der Waals surface area contributed by atoms with Gasteiger partial charge in [-0.15, -0.1) is 11.3 Å². The first-order valence-electron chi connectivity index (χ1n) is 5.07. The zero-order chi connectivity index (χ0) is 11.0. The van der Waals surface area contributed by atoms with Crippen molar-refractivity contribution >= 4 is 22.0 Å². The van der Waals surface area contributed by atoms with Crippen molar-refractivity contribution in [3.05, 3.63) is 42.0 Å². The second-order valence-corrected chi connectivity index (χ2v) is 4.42. The molecule has 16 heavy (non-hydrogen) atoms. The maximum Gasteiger partial charge on any atom is 0.194 e. The first-order valence-corrected chi connectivity index (χ1v) is 5.95. The highest BCUT2D eigenvalue weighted by atomic mass is 32.1. The number of imidazole rings is 1. The molecule has 0 spiro atoms. The summed E-state index contributed by atoms with van der Waals surface area (Å²) in [5, 5.41) is 5.14. The van der Waals surface area contributed by atoms with Gasteiger partial charge >= 0.3 is 0 Å². The summed E-state index contributed by atoms with van der Waals surface area (Å²) in [7, 11) is 1.92. The molecule has 0 aliphatic carbocycles. The van der Waals surface area contributed by atoms with Crippen molar-refractivity contribution in [2.45, 2.75) is 0 Å². The monoisotopic (exact) mass is 229 g/mol. The van der Waals surface area contributed by atoms with Crippen LogP contribution in [0.4, 0.5) is 5.69 Å². The molecule has 2 aromatic heterocycles. The third-order valence-electron chi connectivity index (χ3n) is 2.56. The molecule has 0 saturated carbocycles. The van der Waals surface area contributed by atoms with Gasteiger partial charge in [0.15, 0.2) is 4.96 Å². The minimum Gasteiger partial charge on any atom is -0.388 e. The SMILES string of the molecule is CNc1ccc(-c2cn3ccsc3n2)cc1. The van der Waals surface area contributed by atoms with Crippen LogP contribution in [-0.2, 0) is 0 Å². The maximum atomic E-state index is 4.56. The lowest BCUT2D eigenvalue weighted by Crippen LogP contribution is -1.86. The number of aromatic nitrogens is 2. The number of hydrogen-bond acceptors (Lipinski definition) is 3. The molecule has 0 amide bonds. The molecule has 0 radical (unpaired) electrons. The van der Waals surface area contributed by atoms with Crippen LogP contribution in [0.2, 0.25) is 0 Å². The fourth-order valence-electron chi connectivity index (χ4n) is 1.67. The van der Waals surface area contributed by atoms with Gasteiger partial charge in [0, 0.05) is 36.1 Å². The third kappa shape index (κ3) is 1.47. The summed E-state index contributed by atoms with van der Waals surface area (Å²) in [6.07, 6.45) is 4.08. The van der Waals surface area contributed by atoms with E-state index in [9.17, 15) is 0 Å². The number of hydrogen-bond donors (Lipinski definition) is 1. The van der Waals surface area contributed by atoms with E-state index in [4.69, 9.17) is 0 Å². The largest absolute Gasteiger partial charge is 0.388 e. The van der Waals surface area contributed by atoms with E-state index in [0.717, 1.165) is 21.9 Å². The minimum absolute atomic E-state index is 1.02. The van der Waals surface area contributed by atoms with Crippen LogP contribution >= 0.6 is 11.3 Å². The highest BCUT2D eigenvalue weighted by Crippen LogP contribution is 2.22. The number of anilines is 1. The number of fused-ring (bicyclic) bond motifs is 1. The van der Waals surface area contributed by atoms with Crippen LogP contribution in [0, 0.1) is 0 Å². The van der Waals surface area contributed by atoms with E-state index in [1.807, 2.05) is 23.0 Å². The van der Waals surface area contributed by atoms with E-state index in [0.29, 0.717) is 0 Å². The highest BCUT2D eigenvalue weighted by molar-refractivity contribution is 7.15. The van der Waals surface area contributed by atoms with Gasteiger partial charge in [-0.25, -0.2) is 4.98 Å². The zero-order valence-corrected chi connectivity index (χ0v) is 9.66. The van der Waals surface area contributed by atoms with Crippen molar-refractivity contribution in [1.29, 1.82) is 0 Å². The highest BCUT2D eigenvalue weighted by Gasteiger charge is 2.04. The summed E-state index contributed by atoms with van der Waals surface area (Å²) >= 11 is 1.65. The van der Waals surface area contributed by atoms with E-state index >= 15 is 0 Å². The van der Waals surface area contributed by atoms with Gasteiger partial charge in [0.1, 0.15) is 0 Å². The molecule has 1 N–H and O–H groups in total. The predicted molar refractivity (Wildman–Crippen MR) is 68.1 cm³/mol. The van der Waals surface area contributed by atoms with Gasteiger partial charge in [-0.3, -0.25) is 4.40 Å². The normalized spacial score (nSPS) is 10.8. The Labute approximate surface area is 97.4 Å². The molecule has 0 aliphatic heterocycles. The van der Waals surface area contributed by atoms with Crippen LogP contribution in [0.15, 0.2) is 42.0 Å². The summed E-state index contributed by atoms with van der Waals surface area (Å²) in [5.74, 6) is 0. The van der Waals surface area contributed by atoms with Crippen molar-refractivity contribution in [3.63, 3.8) is 0 Å². The average molecular weight is 229 g/mol. The summed E-state index contributed by atoms with van der Waals surface area (Å²) in [4.78, 5) is 5.59. The Hall–Kier alpha value is -1.81. The van der Waals surface area contributed by atoms with Gasteiger partial charge in [-0.2, -0.15) is 0 Å². The Morgan fingerprint density at radius 3 is 2.75 bits per heavy atom. The van der Waals surface area contributed by atoms with Gasteiger partial charge in [0.05, 0.1) is 5.69 Å². The van der Waals surface area contributed by atoms with E-state index in [1.165, 1.54) is 0 Å². The quantitative estimate of drug-likeness (QED) is 0.731. The lowest BCUT2D eigenvalue weighted by atomic mass is 10.1. The summed E-state index contributed by atoms with van der Waals surface area (Å²) < 4.78 is 2.05. The maximum absolute atomic E-state index is 4.56. The van der Waals surface area contributed by atoms with Crippen LogP contribution < -0.4 is 5.32 Å². The number of benzene rings is 1. The van der Waals surface area contributed by atoms with Gasteiger partial charge < -0.3 is 5.32 Å². The minimum atomic E-state index is 1.02. The molecule has 3 rings (SSSR count). The molecule has 0 aliphatic rings. The second-order valence-electron chi connectivity index (χ2n) is 3.55. The molecule has 80 valence electrons. The molecule has 0 bridgehead atoms. The van der Waals surface area contributed by atoms with Crippen molar-refractivity contribution < 1.29 is 0 Å². The lowest BCUT2D eigenvalue weighted by Gasteiger charge is -2.00. The van der Waals surface area contributed by atoms with Crippen LogP contribution in [0.3, 0.4) is 0 Å². The Balaban J connectivity index is 2.05. The van der Waals surface area contributed by atoms with Crippen molar-refractivity contribution in [2.75, 3.05) is 12.4 Å². The number of nitrogens with zero attached hydrogens (tertiary/aromatic N) is 2. The Morgan fingerprint density at radius 2 is 2.06 bits per heavy atom. The first-order chi connectivity index (χ1) is 7.86. The molecule has 0 atom stereocenters. The van der Waals surface area contributed by atoms with E-state index in [2.05, 4.69) is 40.8 Å². The van der Waals surface area contributed by atoms with Crippen molar-refractivity contribution in [1.82, 2.24) is 9.38 Å². The van der Waals surface area contributed by atoms with Crippen LogP contribution in [0.5, 0.6) is 0 Å². The summed E-state index contributed by atoms with van der Waals surface area (Å²) in [6, 6.07) is 8.28. The van der Waals surface area contributed by atoms with Crippen LogP contribution in [-0.4, -0.2) is 16.4 Å². The molecule has 0 unspecified atom stereocenters. The van der Waals surface area contributed by atoms with E-state index < -0.39 is 0 Å². The van der Waals surface area contributed by atoms with Crippen molar-refractivity contribution in [3.8, 4) is 11.3 Å². The average Bonchev–Trinajstić information content (AvgIpc) is 2.89. The summed E-state index contributed by atoms with van der Waals surface area (Å²) in [6.45, 7) is 0. The number of nitrogens with one attached hydrogen (secondary N) is 1. The van der Waals surface area contributed by atoms with Gasteiger partial charge in [0.25, 0.3) is 0 Å². The molecule has 1 aromatic carbocycles. The molecular weight excluding hydrogens is 218 g/mol. The first kappa shape index (κ1) is 9.42. The molecule has 0 fully saturated rings. The van der Waals surface area contributed by atoms with E-state index in [-0.39, 0.29) is 0 Å². The van der Waals surface area contributed by atoms with E-state index in [1.54, 1.807) is 11.3 Å². The zero-order valence-electron chi connectivity index (χ0n) is 8.84. The van der Waals surface area contributed by atoms with Crippen molar-refractivity contribution in [2.24, 2.45) is 0 Å². The second kappa shape index (κ2) is 3.64. The van der Waals surface area contributed by atoms with Crippen LogP contribution in [0.1, 0.15) is 0 Å².